The van der Waals surface area contributed by atoms with Crippen LogP contribution in [0.3, 0.4) is 0 Å². The van der Waals surface area contributed by atoms with E-state index in [1.54, 1.807) is 0 Å². The SMILES string of the molecule is c1ccc(-c2cccc(-c3ccc4cc5c(cc4c3)C3(c4ccccc4-c4ccccc43)c3c-5ccc4ccccc34)n2)nc1. The van der Waals surface area contributed by atoms with Crippen molar-refractivity contribution in [1.29, 1.82) is 0 Å². The van der Waals surface area contributed by atoms with E-state index in [0.717, 1.165) is 22.6 Å². The molecule has 45 heavy (non-hydrogen) atoms. The molecule has 2 aliphatic rings. The fourth-order valence-corrected chi connectivity index (χ4v) is 8.07. The van der Waals surface area contributed by atoms with Gasteiger partial charge in [-0.05, 0) is 109 Å². The van der Waals surface area contributed by atoms with E-state index in [1.165, 1.54) is 66.1 Å². The van der Waals surface area contributed by atoms with Gasteiger partial charge in [0.2, 0.25) is 0 Å². The fraction of sp³-hybridized carbons (Fsp3) is 0.0233. The van der Waals surface area contributed by atoms with Crippen LogP contribution in [0.4, 0.5) is 0 Å². The van der Waals surface area contributed by atoms with Gasteiger partial charge in [-0.1, -0.05) is 109 Å². The molecule has 1 spiro atoms. The summed E-state index contributed by atoms with van der Waals surface area (Å²) in [5, 5.41) is 5.04. The first-order chi connectivity index (χ1) is 22.3. The Morgan fingerprint density at radius 1 is 0.400 bits per heavy atom. The van der Waals surface area contributed by atoms with Gasteiger partial charge in [-0.25, -0.2) is 4.98 Å². The van der Waals surface area contributed by atoms with Gasteiger partial charge < -0.3 is 0 Å². The normalized spacial score (nSPS) is 13.5. The summed E-state index contributed by atoms with van der Waals surface area (Å²) in [4.78, 5) is 9.56. The summed E-state index contributed by atoms with van der Waals surface area (Å²) < 4.78 is 0. The van der Waals surface area contributed by atoms with Crippen LogP contribution in [0.25, 0.3) is 66.4 Å². The van der Waals surface area contributed by atoms with Crippen molar-refractivity contribution in [2.24, 2.45) is 0 Å². The molecule has 0 unspecified atom stereocenters. The summed E-state index contributed by atoms with van der Waals surface area (Å²) in [5.41, 5.74) is 14.2. The zero-order valence-electron chi connectivity index (χ0n) is 24.4. The number of rotatable bonds is 2. The summed E-state index contributed by atoms with van der Waals surface area (Å²) in [6, 6.07) is 55.3. The van der Waals surface area contributed by atoms with Gasteiger partial charge in [0.05, 0.1) is 22.5 Å². The molecule has 10 rings (SSSR count). The standard InChI is InChI=1S/C43H26N2/c1-2-11-31-27(10-1)21-22-34-35-25-28-19-20-29(39-17-9-18-41(45-39)40-16-7-8-23-44-40)24-30(28)26-38(35)43(42(31)34)36-14-5-3-12-32(36)33-13-4-6-15-37(33)43/h1-26H. The van der Waals surface area contributed by atoms with Crippen LogP contribution in [0.1, 0.15) is 22.3 Å². The van der Waals surface area contributed by atoms with Crippen molar-refractivity contribution in [3.63, 3.8) is 0 Å². The minimum absolute atomic E-state index is 0.403. The summed E-state index contributed by atoms with van der Waals surface area (Å²) in [5.74, 6) is 0. The minimum Gasteiger partial charge on any atom is -0.255 e. The monoisotopic (exact) mass is 570 g/mol. The van der Waals surface area contributed by atoms with Crippen molar-refractivity contribution in [3.8, 4) is 44.9 Å². The largest absolute Gasteiger partial charge is 0.255 e. The average Bonchev–Trinajstić information content (AvgIpc) is 3.58. The minimum atomic E-state index is -0.403. The Morgan fingerprint density at radius 2 is 1.11 bits per heavy atom. The maximum absolute atomic E-state index is 5.03. The Bertz CT molecular complexity index is 2450. The Hall–Kier alpha value is -5.86. The molecule has 0 saturated carbocycles. The molecule has 0 aliphatic heterocycles. The number of hydrogen-bond donors (Lipinski definition) is 0. The second kappa shape index (κ2) is 9.07. The number of pyridine rings is 2. The van der Waals surface area contributed by atoms with Gasteiger partial charge in [0, 0.05) is 11.8 Å². The molecule has 0 amide bonds. The zero-order chi connectivity index (χ0) is 29.5. The van der Waals surface area contributed by atoms with Gasteiger partial charge in [-0.2, -0.15) is 0 Å². The molecule has 0 bridgehead atoms. The molecule has 2 heteroatoms. The molecular weight excluding hydrogens is 544 g/mol. The fourth-order valence-electron chi connectivity index (χ4n) is 8.07. The molecule has 0 fully saturated rings. The van der Waals surface area contributed by atoms with E-state index in [-0.39, 0.29) is 0 Å². The first kappa shape index (κ1) is 24.6. The first-order valence-corrected chi connectivity index (χ1v) is 15.5. The number of aromatic nitrogens is 2. The lowest BCUT2D eigenvalue weighted by Crippen LogP contribution is -2.26. The lowest BCUT2D eigenvalue weighted by Gasteiger charge is -2.31. The second-order valence-electron chi connectivity index (χ2n) is 12.1. The van der Waals surface area contributed by atoms with Crippen LogP contribution in [0, 0.1) is 0 Å². The summed E-state index contributed by atoms with van der Waals surface area (Å²) in [7, 11) is 0. The summed E-state index contributed by atoms with van der Waals surface area (Å²) in [6.45, 7) is 0. The highest BCUT2D eigenvalue weighted by Gasteiger charge is 2.52. The van der Waals surface area contributed by atoms with Gasteiger partial charge >= 0.3 is 0 Å². The number of nitrogens with zero attached hydrogens (tertiary/aromatic N) is 2. The number of benzene rings is 6. The van der Waals surface area contributed by atoms with E-state index < -0.39 is 5.41 Å². The van der Waals surface area contributed by atoms with Gasteiger partial charge in [0.25, 0.3) is 0 Å². The van der Waals surface area contributed by atoms with Crippen LogP contribution in [0.2, 0.25) is 0 Å². The molecule has 2 heterocycles. The molecule has 0 atom stereocenters. The van der Waals surface area contributed by atoms with Gasteiger partial charge in [-0.15, -0.1) is 0 Å². The van der Waals surface area contributed by atoms with Gasteiger partial charge in [-0.3, -0.25) is 4.98 Å². The van der Waals surface area contributed by atoms with E-state index in [1.807, 2.05) is 30.5 Å². The highest BCUT2D eigenvalue weighted by Crippen LogP contribution is 2.64. The van der Waals surface area contributed by atoms with Crippen LogP contribution in [0.15, 0.2) is 158 Å². The molecule has 0 radical (unpaired) electrons. The van der Waals surface area contributed by atoms with Crippen LogP contribution in [-0.2, 0) is 5.41 Å². The Morgan fingerprint density at radius 3 is 1.93 bits per heavy atom. The number of hydrogen-bond acceptors (Lipinski definition) is 2. The third kappa shape index (κ3) is 3.29. The van der Waals surface area contributed by atoms with Crippen molar-refractivity contribution in [3.05, 3.63) is 180 Å². The van der Waals surface area contributed by atoms with Crippen molar-refractivity contribution < 1.29 is 0 Å². The predicted octanol–water partition coefficient (Wildman–Crippen LogP) is 10.5. The summed E-state index contributed by atoms with van der Waals surface area (Å²) in [6.07, 6.45) is 1.82. The van der Waals surface area contributed by atoms with E-state index in [4.69, 9.17) is 4.98 Å². The topological polar surface area (TPSA) is 25.8 Å². The number of fused-ring (bicyclic) bond motifs is 13. The molecule has 2 aliphatic carbocycles. The first-order valence-electron chi connectivity index (χ1n) is 15.5. The van der Waals surface area contributed by atoms with Crippen LogP contribution in [-0.4, -0.2) is 9.97 Å². The highest BCUT2D eigenvalue weighted by atomic mass is 14.8. The Kier molecular flexibility index (Phi) is 4.95. The molecule has 0 N–H and O–H groups in total. The van der Waals surface area contributed by atoms with Gasteiger partial charge in [0.1, 0.15) is 0 Å². The maximum Gasteiger partial charge on any atom is 0.0893 e. The Balaban J connectivity index is 1.27. The van der Waals surface area contributed by atoms with Crippen molar-refractivity contribution in [2.45, 2.75) is 5.41 Å². The molecule has 2 nitrogen and oxygen atoms in total. The van der Waals surface area contributed by atoms with Crippen molar-refractivity contribution >= 4 is 21.5 Å². The third-order valence-electron chi connectivity index (χ3n) is 9.90. The van der Waals surface area contributed by atoms with Crippen LogP contribution in [0.5, 0.6) is 0 Å². The molecule has 6 aromatic carbocycles. The lowest BCUT2D eigenvalue weighted by molar-refractivity contribution is 0.802. The van der Waals surface area contributed by atoms with Crippen LogP contribution >= 0.6 is 0 Å². The van der Waals surface area contributed by atoms with E-state index in [0.29, 0.717) is 0 Å². The third-order valence-corrected chi connectivity index (χ3v) is 9.90. The lowest BCUT2D eigenvalue weighted by atomic mass is 9.69. The Labute approximate surface area is 261 Å². The van der Waals surface area contributed by atoms with Gasteiger partial charge in [0.15, 0.2) is 0 Å². The quantitative estimate of drug-likeness (QED) is 0.207. The predicted molar refractivity (Wildman–Crippen MR) is 184 cm³/mol. The maximum atomic E-state index is 5.03. The van der Waals surface area contributed by atoms with Crippen molar-refractivity contribution in [1.82, 2.24) is 9.97 Å². The second-order valence-corrected chi connectivity index (χ2v) is 12.1. The molecule has 208 valence electrons. The average molecular weight is 571 g/mol. The smallest absolute Gasteiger partial charge is 0.0893 e. The van der Waals surface area contributed by atoms with Crippen molar-refractivity contribution in [2.75, 3.05) is 0 Å². The zero-order valence-corrected chi connectivity index (χ0v) is 24.4. The van der Waals surface area contributed by atoms with E-state index in [2.05, 4.69) is 132 Å². The molecular formula is C43H26N2. The summed E-state index contributed by atoms with van der Waals surface area (Å²) >= 11 is 0. The molecule has 8 aromatic rings. The molecule has 0 saturated heterocycles. The van der Waals surface area contributed by atoms with E-state index >= 15 is 0 Å². The van der Waals surface area contributed by atoms with E-state index in [9.17, 15) is 0 Å². The van der Waals surface area contributed by atoms with Crippen LogP contribution < -0.4 is 0 Å². The molecule has 2 aromatic heterocycles. The highest BCUT2D eigenvalue weighted by molar-refractivity contribution is 6.06.